The lowest BCUT2D eigenvalue weighted by Gasteiger charge is -2.18. The molecule has 0 atom stereocenters. The molecule has 0 saturated heterocycles. The second kappa shape index (κ2) is 8.20. The lowest BCUT2D eigenvalue weighted by Crippen LogP contribution is -2.22. The molecule has 2 rings (SSSR count). The van der Waals surface area contributed by atoms with Crippen molar-refractivity contribution in [1.29, 1.82) is 0 Å². The maximum atomic E-state index is 12.4. The van der Waals surface area contributed by atoms with Gasteiger partial charge in [0, 0.05) is 23.4 Å². The van der Waals surface area contributed by atoms with Crippen molar-refractivity contribution in [2.45, 2.75) is 38.5 Å². The normalized spacial score (nSPS) is 11.3. The highest BCUT2D eigenvalue weighted by Gasteiger charge is 2.16. The molecule has 2 N–H and O–H groups in total. The summed E-state index contributed by atoms with van der Waals surface area (Å²) in [6.07, 6.45) is 3.45. The summed E-state index contributed by atoms with van der Waals surface area (Å²) < 4.78 is 1.76. The molecule has 0 spiro atoms. The minimum atomic E-state index is -0.788. The molecule has 0 radical (unpaired) electrons. The number of nitrogens with zero attached hydrogens (tertiary/aromatic N) is 2. The van der Waals surface area contributed by atoms with E-state index in [0.717, 1.165) is 5.56 Å². The maximum Gasteiger partial charge on any atom is 0.304 e. The average molecular weight is 361 g/mol. The van der Waals surface area contributed by atoms with Crippen LogP contribution in [-0.4, -0.2) is 32.5 Å². The van der Waals surface area contributed by atoms with Gasteiger partial charge in [0.25, 0.3) is 5.91 Å². The van der Waals surface area contributed by atoms with E-state index in [1.165, 1.54) is 0 Å². The molecule has 0 bridgehead atoms. The monoisotopic (exact) mass is 361 g/mol. The van der Waals surface area contributed by atoms with E-state index in [4.69, 9.17) is 5.11 Å². The largest absolute Gasteiger partial charge is 0.481 e. The summed E-state index contributed by atoms with van der Waals surface area (Å²) in [7, 11) is 0. The zero-order valence-electron chi connectivity index (χ0n) is 14.7. The molecule has 0 aliphatic rings. The topological polar surface area (TPSA) is 84.2 Å². The van der Waals surface area contributed by atoms with Gasteiger partial charge in [-0.1, -0.05) is 12.1 Å². The number of carboxylic acid groups (broad SMARTS) is 1. The Morgan fingerprint density at radius 2 is 2.08 bits per heavy atom. The molecule has 0 fully saturated rings. The number of rotatable bonds is 7. The first-order valence-corrected chi connectivity index (χ1v) is 9.16. The molecule has 0 saturated carbocycles. The van der Waals surface area contributed by atoms with Gasteiger partial charge in [0.1, 0.15) is 0 Å². The van der Waals surface area contributed by atoms with Gasteiger partial charge in [0.2, 0.25) is 0 Å². The number of amides is 1. The van der Waals surface area contributed by atoms with Gasteiger partial charge in [-0.05, 0) is 38.5 Å². The quantitative estimate of drug-likeness (QED) is 0.736. The average Bonchev–Trinajstić information content (AvgIpc) is 3.02. The number of carbonyl (C=O) groups excluding carboxylic acids is 1. The molecule has 1 heterocycles. The smallest absolute Gasteiger partial charge is 0.304 e. The zero-order valence-corrected chi connectivity index (χ0v) is 15.5. The minimum Gasteiger partial charge on any atom is -0.481 e. The third-order valence-corrected chi connectivity index (χ3v) is 4.48. The third kappa shape index (κ3) is 5.94. The molecule has 1 amide bonds. The van der Waals surface area contributed by atoms with Crippen LogP contribution in [0.2, 0.25) is 0 Å². The van der Waals surface area contributed by atoms with Gasteiger partial charge in [-0.15, -0.1) is 0 Å². The summed E-state index contributed by atoms with van der Waals surface area (Å²) in [4.78, 5) is 22.9. The molecule has 2 aromatic rings. The Morgan fingerprint density at radius 3 is 2.72 bits per heavy atom. The summed E-state index contributed by atoms with van der Waals surface area (Å²) >= 11 is 1.56. The van der Waals surface area contributed by atoms with Crippen LogP contribution in [0.3, 0.4) is 0 Å². The summed E-state index contributed by atoms with van der Waals surface area (Å²) in [6, 6.07) is 7.57. The number of hydrogen-bond donors (Lipinski definition) is 2. The van der Waals surface area contributed by atoms with Crippen LogP contribution in [0.25, 0.3) is 0 Å². The van der Waals surface area contributed by atoms with E-state index >= 15 is 0 Å². The molecule has 134 valence electrons. The number of benzene rings is 1. The highest BCUT2D eigenvalue weighted by atomic mass is 32.2. The Labute approximate surface area is 151 Å². The highest BCUT2D eigenvalue weighted by Crippen LogP contribution is 2.18. The van der Waals surface area contributed by atoms with Crippen LogP contribution in [0.1, 0.15) is 43.1 Å². The Balaban J connectivity index is 1.95. The van der Waals surface area contributed by atoms with Crippen LogP contribution >= 0.6 is 11.8 Å². The molecule has 0 unspecified atom stereocenters. The van der Waals surface area contributed by atoms with Gasteiger partial charge in [-0.25, -0.2) is 0 Å². The van der Waals surface area contributed by atoms with Crippen molar-refractivity contribution in [2.75, 3.05) is 11.1 Å². The van der Waals surface area contributed by atoms with Crippen LogP contribution in [0.5, 0.6) is 0 Å². The molecule has 7 heteroatoms. The predicted molar refractivity (Wildman–Crippen MR) is 100 cm³/mol. The Bertz CT molecular complexity index is 750. The molecular weight excluding hydrogens is 338 g/mol. The second-order valence-electron chi connectivity index (χ2n) is 6.70. The lowest BCUT2D eigenvalue weighted by atomic mass is 10.1. The van der Waals surface area contributed by atoms with Gasteiger partial charge in [-0.2, -0.15) is 16.9 Å². The molecule has 6 nitrogen and oxygen atoms in total. The first-order valence-electron chi connectivity index (χ1n) is 8.01. The van der Waals surface area contributed by atoms with E-state index in [1.54, 1.807) is 28.8 Å². The minimum absolute atomic E-state index is 0.152. The van der Waals surface area contributed by atoms with Gasteiger partial charge >= 0.3 is 5.97 Å². The van der Waals surface area contributed by atoms with Gasteiger partial charge in [0.05, 0.1) is 23.7 Å². The lowest BCUT2D eigenvalue weighted by molar-refractivity contribution is -0.136. The standard InChI is InChI=1S/C18H23N3O3S/c1-18(2,3)21-11-14(10-19-21)17(24)20-15-6-4-5-13(9-15)12-25-8-7-16(22)23/h4-6,9-11H,7-8,12H2,1-3H3,(H,20,24)(H,22,23). The van der Waals surface area contributed by atoms with E-state index in [9.17, 15) is 9.59 Å². The number of aliphatic carboxylic acids is 1. The van der Waals surface area contributed by atoms with Crippen molar-refractivity contribution in [3.63, 3.8) is 0 Å². The number of aromatic nitrogens is 2. The van der Waals surface area contributed by atoms with E-state index in [-0.39, 0.29) is 17.9 Å². The van der Waals surface area contributed by atoms with Crippen molar-refractivity contribution in [3.05, 3.63) is 47.8 Å². The van der Waals surface area contributed by atoms with Crippen molar-refractivity contribution < 1.29 is 14.7 Å². The summed E-state index contributed by atoms with van der Waals surface area (Å²) in [5.41, 5.74) is 2.09. The van der Waals surface area contributed by atoms with E-state index < -0.39 is 5.97 Å². The van der Waals surface area contributed by atoms with E-state index in [1.807, 2.05) is 45.0 Å². The summed E-state index contributed by atoms with van der Waals surface area (Å²) in [6.45, 7) is 6.06. The zero-order chi connectivity index (χ0) is 18.4. The number of nitrogens with one attached hydrogen (secondary N) is 1. The maximum absolute atomic E-state index is 12.4. The fourth-order valence-corrected chi connectivity index (χ4v) is 2.98. The number of carbonyl (C=O) groups is 2. The molecule has 1 aromatic carbocycles. The van der Waals surface area contributed by atoms with Crippen LogP contribution < -0.4 is 5.32 Å². The van der Waals surface area contributed by atoms with Crippen LogP contribution in [-0.2, 0) is 16.1 Å². The van der Waals surface area contributed by atoms with Crippen molar-refractivity contribution in [2.24, 2.45) is 0 Å². The number of hydrogen-bond acceptors (Lipinski definition) is 4. The van der Waals surface area contributed by atoms with Gasteiger partial charge < -0.3 is 10.4 Å². The Morgan fingerprint density at radius 1 is 1.32 bits per heavy atom. The molecule has 0 aliphatic heterocycles. The van der Waals surface area contributed by atoms with Crippen LogP contribution in [0.15, 0.2) is 36.7 Å². The number of thioether (sulfide) groups is 1. The number of anilines is 1. The molecule has 1 aromatic heterocycles. The molecule has 0 aliphatic carbocycles. The first-order chi connectivity index (χ1) is 11.8. The molecular formula is C18H23N3O3S. The summed E-state index contributed by atoms with van der Waals surface area (Å²) in [5.74, 6) is 0.284. The Kier molecular flexibility index (Phi) is 6.25. The fraction of sp³-hybridized carbons (Fsp3) is 0.389. The van der Waals surface area contributed by atoms with E-state index in [2.05, 4.69) is 10.4 Å². The van der Waals surface area contributed by atoms with Crippen molar-refractivity contribution in [1.82, 2.24) is 9.78 Å². The van der Waals surface area contributed by atoms with Crippen molar-refractivity contribution in [3.8, 4) is 0 Å². The molecule has 25 heavy (non-hydrogen) atoms. The van der Waals surface area contributed by atoms with Crippen LogP contribution in [0.4, 0.5) is 5.69 Å². The third-order valence-electron chi connectivity index (χ3n) is 3.45. The highest BCUT2D eigenvalue weighted by molar-refractivity contribution is 7.98. The SMILES string of the molecule is CC(C)(C)n1cc(C(=O)Nc2cccc(CSCCC(=O)O)c2)cn1. The van der Waals surface area contributed by atoms with Crippen molar-refractivity contribution >= 4 is 29.3 Å². The first kappa shape index (κ1) is 19.1. The number of carboxylic acids is 1. The van der Waals surface area contributed by atoms with E-state index in [0.29, 0.717) is 22.8 Å². The second-order valence-corrected chi connectivity index (χ2v) is 7.80. The Hall–Kier alpha value is -2.28. The fourth-order valence-electron chi connectivity index (χ4n) is 2.10. The van der Waals surface area contributed by atoms with Crippen LogP contribution in [0, 0.1) is 0 Å². The predicted octanol–water partition coefficient (Wildman–Crippen LogP) is 3.60. The van der Waals surface area contributed by atoms with Gasteiger partial charge in [0.15, 0.2) is 0 Å². The van der Waals surface area contributed by atoms with Gasteiger partial charge in [-0.3, -0.25) is 14.3 Å². The summed E-state index contributed by atoms with van der Waals surface area (Å²) in [5, 5.41) is 15.8.